The van der Waals surface area contributed by atoms with Crippen molar-refractivity contribution < 1.29 is 4.79 Å². The number of hydrogen-bond donors (Lipinski definition) is 0. The maximum absolute atomic E-state index is 13.1. The third-order valence-electron chi connectivity index (χ3n) is 5.05. The zero-order valence-electron chi connectivity index (χ0n) is 16.2. The van der Waals surface area contributed by atoms with Crippen LogP contribution < -0.4 is 4.90 Å². The summed E-state index contributed by atoms with van der Waals surface area (Å²) in [5.74, 6) is 0.500. The first-order chi connectivity index (χ1) is 13.6. The van der Waals surface area contributed by atoms with Gasteiger partial charge in [-0.15, -0.1) is 9.90 Å². The summed E-state index contributed by atoms with van der Waals surface area (Å²) in [6.07, 6.45) is 2.26. The quantitative estimate of drug-likeness (QED) is 0.685. The van der Waals surface area contributed by atoms with Gasteiger partial charge in [0.1, 0.15) is 0 Å². The Morgan fingerprint density at radius 3 is 2.39 bits per heavy atom. The van der Waals surface area contributed by atoms with Crippen LogP contribution in [-0.4, -0.2) is 58.2 Å². The Bertz CT molecular complexity index is 946. The number of rotatable bonds is 5. The molecule has 2 aromatic carbocycles. The highest BCUT2D eigenvalue weighted by Crippen LogP contribution is 2.31. The maximum atomic E-state index is 13.1. The number of nitrogens with zero attached hydrogens (tertiary/aromatic N) is 6. The summed E-state index contributed by atoms with van der Waals surface area (Å²) < 4.78 is 0. The number of benzene rings is 2. The van der Waals surface area contributed by atoms with Crippen molar-refractivity contribution in [3.8, 4) is 11.1 Å². The van der Waals surface area contributed by atoms with Gasteiger partial charge in [-0.25, -0.2) is 0 Å². The van der Waals surface area contributed by atoms with Gasteiger partial charge >= 0.3 is 0 Å². The Morgan fingerprint density at radius 2 is 1.68 bits per heavy atom. The highest BCUT2D eigenvalue weighted by atomic mass is 16.2. The average Bonchev–Trinajstić information content (AvgIpc) is 3.41. The van der Waals surface area contributed by atoms with Gasteiger partial charge in [0, 0.05) is 27.2 Å². The topological polar surface area (TPSA) is 67.2 Å². The minimum Gasteiger partial charge on any atom is -0.347 e. The van der Waals surface area contributed by atoms with Gasteiger partial charge in [-0.3, -0.25) is 4.79 Å². The lowest BCUT2D eigenvalue weighted by Gasteiger charge is -2.22. The van der Waals surface area contributed by atoms with Crippen molar-refractivity contribution in [3.05, 3.63) is 60.2 Å². The summed E-state index contributed by atoms with van der Waals surface area (Å²) in [6.45, 7) is 1.86. The molecule has 0 bridgehead atoms. The molecule has 7 nitrogen and oxygen atoms in total. The fourth-order valence-corrected chi connectivity index (χ4v) is 3.59. The molecule has 1 unspecified atom stereocenters. The molecule has 4 rings (SSSR count). The Labute approximate surface area is 164 Å². The van der Waals surface area contributed by atoms with Gasteiger partial charge in [0.15, 0.2) is 6.04 Å². The average molecular weight is 376 g/mol. The molecule has 1 aliphatic rings. The summed E-state index contributed by atoms with van der Waals surface area (Å²) >= 11 is 0. The second-order valence-electron chi connectivity index (χ2n) is 7.19. The summed E-state index contributed by atoms with van der Waals surface area (Å²) in [5, 5.41) is 13.1. The molecular formula is C21H24N6O. The predicted molar refractivity (Wildman–Crippen MR) is 108 cm³/mol. The normalized spacial score (nSPS) is 14.9. The first kappa shape index (κ1) is 18.2. The molecule has 0 radical (unpaired) electrons. The fourth-order valence-electron chi connectivity index (χ4n) is 3.59. The van der Waals surface area contributed by atoms with Crippen LogP contribution in [0.15, 0.2) is 54.6 Å². The standard InChI is InChI=1S/C21H24N6O/c1-25(2)20(28)19(27-23-21(22-24-27)26-14-8-9-15-26)18-13-7-6-12-17(18)16-10-4-3-5-11-16/h3-7,10-13,19H,8-9,14-15H2,1-2H3. The van der Waals surface area contributed by atoms with Crippen LogP contribution in [0, 0.1) is 0 Å². The fraction of sp³-hybridized carbons (Fsp3) is 0.333. The monoisotopic (exact) mass is 376 g/mol. The first-order valence-corrected chi connectivity index (χ1v) is 9.55. The highest BCUT2D eigenvalue weighted by Gasteiger charge is 2.30. The predicted octanol–water partition coefficient (Wildman–Crippen LogP) is 2.62. The number of carbonyl (C=O) groups excluding carboxylic acids is 1. The van der Waals surface area contributed by atoms with Gasteiger partial charge in [0.2, 0.25) is 0 Å². The molecule has 28 heavy (non-hydrogen) atoms. The molecule has 0 saturated carbocycles. The van der Waals surface area contributed by atoms with Gasteiger partial charge in [0.05, 0.1) is 0 Å². The third-order valence-corrected chi connectivity index (χ3v) is 5.05. The zero-order valence-corrected chi connectivity index (χ0v) is 16.2. The van der Waals surface area contributed by atoms with E-state index in [1.165, 1.54) is 4.80 Å². The van der Waals surface area contributed by atoms with Gasteiger partial charge in [-0.1, -0.05) is 59.7 Å². The van der Waals surface area contributed by atoms with Crippen molar-refractivity contribution in [1.82, 2.24) is 25.1 Å². The van der Waals surface area contributed by atoms with E-state index >= 15 is 0 Å². The van der Waals surface area contributed by atoms with E-state index in [4.69, 9.17) is 0 Å². The molecule has 1 atom stereocenters. The summed E-state index contributed by atoms with van der Waals surface area (Å²) in [7, 11) is 3.50. The number of likely N-dealkylation sites (N-methyl/N-ethyl adjacent to an activating group) is 1. The lowest BCUT2D eigenvalue weighted by molar-refractivity contribution is -0.131. The molecule has 1 aliphatic heterocycles. The van der Waals surface area contributed by atoms with Crippen molar-refractivity contribution in [3.63, 3.8) is 0 Å². The van der Waals surface area contributed by atoms with Crippen LogP contribution in [0.25, 0.3) is 11.1 Å². The maximum Gasteiger partial charge on any atom is 0.266 e. The molecule has 3 aromatic rings. The summed E-state index contributed by atoms with van der Waals surface area (Å²) in [6, 6.07) is 17.3. The Kier molecular flexibility index (Phi) is 5.06. The van der Waals surface area contributed by atoms with Crippen molar-refractivity contribution in [2.24, 2.45) is 0 Å². The van der Waals surface area contributed by atoms with E-state index in [0.29, 0.717) is 5.95 Å². The minimum absolute atomic E-state index is 0.0891. The van der Waals surface area contributed by atoms with E-state index in [1.54, 1.807) is 19.0 Å². The number of amides is 1. The molecule has 7 heteroatoms. The van der Waals surface area contributed by atoms with Crippen LogP contribution in [0.5, 0.6) is 0 Å². The first-order valence-electron chi connectivity index (χ1n) is 9.55. The van der Waals surface area contributed by atoms with Crippen LogP contribution in [-0.2, 0) is 4.79 Å². The lowest BCUT2D eigenvalue weighted by atomic mass is 9.94. The van der Waals surface area contributed by atoms with E-state index in [0.717, 1.165) is 42.6 Å². The van der Waals surface area contributed by atoms with Crippen LogP contribution in [0.3, 0.4) is 0 Å². The Balaban J connectivity index is 1.79. The Hall–Kier alpha value is -3.22. The second-order valence-corrected chi connectivity index (χ2v) is 7.19. The van der Waals surface area contributed by atoms with Crippen molar-refractivity contribution >= 4 is 11.9 Å². The number of carbonyl (C=O) groups is 1. The van der Waals surface area contributed by atoms with Crippen LogP contribution in [0.4, 0.5) is 5.95 Å². The van der Waals surface area contributed by atoms with E-state index < -0.39 is 6.04 Å². The largest absolute Gasteiger partial charge is 0.347 e. The van der Waals surface area contributed by atoms with Gasteiger partial charge in [0.25, 0.3) is 11.9 Å². The molecule has 1 amide bonds. The van der Waals surface area contributed by atoms with Gasteiger partial charge in [-0.05, 0) is 34.7 Å². The van der Waals surface area contributed by atoms with Gasteiger partial charge in [-0.2, -0.15) is 0 Å². The van der Waals surface area contributed by atoms with Crippen molar-refractivity contribution in [2.45, 2.75) is 18.9 Å². The number of hydrogen-bond acceptors (Lipinski definition) is 5. The molecule has 1 fully saturated rings. The lowest BCUT2D eigenvalue weighted by Crippen LogP contribution is -2.34. The van der Waals surface area contributed by atoms with E-state index in [-0.39, 0.29) is 5.91 Å². The van der Waals surface area contributed by atoms with E-state index in [9.17, 15) is 4.79 Å². The van der Waals surface area contributed by atoms with Crippen LogP contribution in [0.1, 0.15) is 24.4 Å². The molecule has 144 valence electrons. The smallest absolute Gasteiger partial charge is 0.266 e. The summed E-state index contributed by atoms with van der Waals surface area (Å²) in [4.78, 5) is 18.3. The molecular weight excluding hydrogens is 352 g/mol. The molecule has 1 saturated heterocycles. The van der Waals surface area contributed by atoms with Crippen molar-refractivity contribution in [1.29, 1.82) is 0 Å². The molecule has 0 spiro atoms. The molecule has 0 N–H and O–H groups in total. The number of anilines is 1. The molecule has 0 aliphatic carbocycles. The van der Waals surface area contributed by atoms with E-state index in [2.05, 4.69) is 20.3 Å². The SMILES string of the molecule is CN(C)C(=O)C(c1ccccc1-c1ccccc1)n1nnc(N2CCCC2)n1. The van der Waals surface area contributed by atoms with Crippen LogP contribution in [0.2, 0.25) is 0 Å². The summed E-state index contributed by atoms with van der Waals surface area (Å²) in [5.41, 5.74) is 2.90. The van der Waals surface area contributed by atoms with Crippen molar-refractivity contribution in [2.75, 3.05) is 32.1 Å². The van der Waals surface area contributed by atoms with Crippen LogP contribution >= 0.6 is 0 Å². The number of tetrazole rings is 1. The highest BCUT2D eigenvalue weighted by molar-refractivity contribution is 5.86. The molecule has 2 heterocycles. The second kappa shape index (κ2) is 7.80. The Morgan fingerprint density at radius 1 is 1.00 bits per heavy atom. The zero-order chi connectivity index (χ0) is 19.5. The molecule has 1 aromatic heterocycles. The third kappa shape index (κ3) is 3.47. The van der Waals surface area contributed by atoms with E-state index in [1.807, 2.05) is 54.6 Å². The minimum atomic E-state index is -0.671. The van der Waals surface area contributed by atoms with Gasteiger partial charge < -0.3 is 9.80 Å². The number of aromatic nitrogens is 4.